The average molecular weight is 328 g/mol. The van der Waals surface area contributed by atoms with Gasteiger partial charge in [-0.05, 0) is 43.7 Å². The largest absolute Gasteiger partial charge is 0.490 e. The van der Waals surface area contributed by atoms with Gasteiger partial charge in [0.25, 0.3) is 0 Å². The second-order valence-corrected chi connectivity index (χ2v) is 5.26. The van der Waals surface area contributed by atoms with Gasteiger partial charge >= 0.3 is 0 Å². The van der Waals surface area contributed by atoms with Crippen LogP contribution in [0.4, 0.5) is 5.69 Å². The summed E-state index contributed by atoms with van der Waals surface area (Å²) >= 11 is 6.27. The van der Waals surface area contributed by atoms with Gasteiger partial charge in [0.15, 0.2) is 11.5 Å². The van der Waals surface area contributed by atoms with Crippen molar-refractivity contribution in [3.05, 3.63) is 52.5 Å². The van der Waals surface area contributed by atoms with Crippen LogP contribution in [0, 0.1) is 19.3 Å². The van der Waals surface area contributed by atoms with E-state index in [1.54, 1.807) is 12.3 Å². The Morgan fingerprint density at radius 1 is 1.22 bits per heavy atom. The Kier molecular flexibility index (Phi) is 6.08. The Labute approximate surface area is 141 Å². The molecule has 2 aromatic rings. The first-order valence-electron chi connectivity index (χ1n) is 7.27. The predicted molar refractivity (Wildman–Crippen MR) is 95.4 cm³/mol. The highest BCUT2D eigenvalue weighted by Crippen LogP contribution is 2.36. The van der Waals surface area contributed by atoms with Crippen molar-refractivity contribution in [3.8, 4) is 23.8 Å². The van der Waals surface area contributed by atoms with Crippen LogP contribution in [0.1, 0.15) is 18.1 Å². The van der Waals surface area contributed by atoms with Gasteiger partial charge in [-0.1, -0.05) is 35.2 Å². The number of aliphatic imine (C=N–C) groups is 1. The van der Waals surface area contributed by atoms with E-state index in [1.165, 1.54) is 5.56 Å². The molecule has 0 saturated carbocycles. The van der Waals surface area contributed by atoms with Gasteiger partial charge in [0.1, 0.15) is 6.61 Å². The van der Waals surface area contributed by atoms with Crippen LogP contribution in [0.5, 0.6) is 11.5 Å². The highest BCUT2D eigenvalue weighted by Gasteiger charge is 2.11. The molecule has 0 amide bonds. The number of hydrogen-bond acceptors (Lipinski definition) is 3. The number of hydrogen-bond donors (Lipinski definition) is 0. The lowest BCUT2D eigenvalue weighted by Crippen LogP contribution is -2.01. The first-order valence-corrected chi connectivity index (χ1v) is 7.65. The maximum Gasteiger partial charge on any atom is 0.181 e. The lowest BCUT2D eigenvalue weighted by atomic mass is 10.2. The first-order chi connectivity index (χ1) is 11.1. The molecule has 0 saturated heterocycles. The van der Waals surface area contributed by atoms with Gasteiger partial charge in [0, 0.05) is 6.21 Å². The molecule has 4 heteroatoms. The summed E-state index contributed by atoms with van der Waals surface area (Å²) in [7, 11) is 0. The molecule has 0 radical (unpaired) electrons. The van der Waals surface area contributed by atoms with E-state index in [4.69, 9.17) is 27.5 Å². The van der Waals surface area contributed by atoms with E-state index >= 15 is 0 Å². The monoisotopic (exact) mass is 327 g/mol. The summed E-state index contributed by atoms with van der Waals surface area (Å²) in [5, 5.41) is 0.441. The summed E-state index contributed by atoms with van der Waals surface area (Å²) < 4.78 is 11.0. The lowest BCUT2D eigenvalue weighted by molar-refractivity contribution is 0.299. The summed E-state index contributed by atoms with van der Waals surface area (Å²) in [6.07, 6.45) is 6.96. The van der Waals surface area contributed by atoms with E-state index in [9.17, 15) is 0 Å². The van der Waals surface area contributed by atoms with Crippen molar-refractivity contribution in [3.63, 3.8) is 0 Å². The summed E-state index contributed by atoms with van der Waals surface area (Å²) in [4.78, 5) is 4.44. The molecule has 2 rings (SSSR count). The van der Waals surface area contributed by atoms with Crippen LogP contribution < -0.4 is 9.47 Å². The molecule has 0 aliphatic carbocycles. The van der Waals surface area contributed by atoms with Crippen molar-refractivity contribution in [2.45, 2.75) is 13.8 Å². The molecule has 0 spiro atoms. The minimum atomic E-state index is 0.136. The molecule has 0 atom stereocenters. The first kappa shape index (κ1) is 16.9. The zero-order valence-electron chi connectivity index (χ0n) is 13.2. The molecule has 0 unspecified atom stereocenters. The van der Waals surface area contributed by atoms with Crippen LogP contribution in [-0.4, -0.2) is 19.4 Å². The fourth-order valence-electron chi connectivity index (χ4n) is 1.96. The van der Waals surface area contributed by atoms with Crippen molar-refractivity contribution < 1.29 is 9.47 Å². The highest BCUT2D eigenvalue weighted by molar-refractivity contribution is 6.32. The third-order valence-electron chi connectivity index (χ3n) is 3.03. The predicted octanol–water partition coefficient (Wildman–Crippen LogP) is 4.81. The third-order valence-corrected chi connectivity index (χ3v) is 3.31. The van der Waals surface area contributed by atoms with Crippen molar-refractivity contribution in [1.29, 1.82) is 0 Å². The Balaban J connectivity index is 2.28. The van der Waals surface area contributed by atoms with Crippen molar-refractivity contribution >= 4 is 23.5 Å². The van der Waals surface area contributed by atoms with Gasteiger partial charge in [-0.2, -0.15) is 0 Å². The maximum atomic E-state index is 6.27. The third kappa shape index (κ3) is 4.77. The van der Waals surface area contributed by atoms with Gasteiger partial charge in [0.2, 0.25) is 0 Å². The average Bonchev–Trinajstić information content (AvgIpc) is 2.54. The van der Waals surface area contributed by atoms with Crippen LogP contribution in [0.15, 0.2) is 41.4 Å². The zero-order valence-corrected chi connectivity index (χ0v) is 13.9. The quantitative estimate of drug-likeness (QED) is 0.563. The SMILES string of the molecule is C#CCOc1c(Cl)cc(C=Nc2ccc(C)cc2)cc1OCC. The second kappa shape index (κ2) is 8.26. The zero-order chi connectivity index (χ0) is 16.7. The molecule has 0 aromatic heterocycles. The van der Waals surface area contributed by atoms with Crippen LogP contribution in [0.2, 0.25) is 5.02 Å². The fourth-order valence-corrected chi connectivity index (χ4v) is 2.23. The Bertz CT molecular complexity index is 730. The van der Waals surface area contributed by atoms with E-state index in [-0.39, 0.29) is 6.61 Å². The summed E-state index contributed by atoms with van der Waals surface area (Å²) in [6, 6.07) is 11.6. The maximum absolute atomic E-state index is 6.27. The molecule has 0 heterocycles. The molecule has 0 aliphatic heterocycles. The van der Waals surface area contributed by atoms with E-state index in [2.05, 4.69) is 10.9 Å². The smallest absolute Gasteiger partial charge is 0.181 e. The molecule has 3 nitrogen and oxygen atoms in total. The summed E-state index contributed by atoms with van der Waals surface area (Å²) in [5.74, 6) is 3.43. The fraction of sp³-hybridized carbons (Fsp3) is 0.211. The molecule has 0 fully saturated rings. The topological polar surface area (TPSA) is 30.8 Å². The van der Waals surface area contributed by atoms with E-state index in [0.717, 1.165) is 11.3 Å². The van der Waals surface area contributed by atoms with E-state index < -0.39 is 0 Å². The highest BCUT2D eigenvalue weighted by atomic mass is 35.5. The molecular formula is C19H18ClNO2. The van der Waals surface area contributed by atoms with Crippen LogP contribution in [-0.2, 0) is 0 Å². The molecular weight excluding hydrogens is 310 g/mol. The summed E-state index contributed by atoms with van der Waals surface area (Å²) in [6.45, 7) is 4.57. The Hall–Kier alpha value is -2.44. The van der Waals surface area contributed by atoms with Crippen molar-refractivity contribution in [1.82, 2.24) is 0 Å². The van der Waals surface area contributed by atoms with E-state index in [1.807, 2.05) is 44.2 Å². The minimum Gasteiger partial charge on any atom is -0.490 e. The number of terminal acetylenes is 1. The minimum absolute atomic E-state index is 0.136. The van der Waals surface area contributed by atoms with Crippen LogP contribution >= 0.6 is 11.6 Å². The molecule has 23 heavy (non-hydrogen) atoms. The van der Waals surface area contributed by atoms with Gasteiger partial charge in [0.05, 0.1) is 17.3 Å². The number of benzene rings is 2. The van der Waals surface area contributed by atoms with Crippen molar-refractivity contribution in [2.75, 3.05) is 13.2 Å². The number of rotatable bonds is 6. The molecule has 0 aliphatic rings. The van der Waals surface area contributed by atoms with Crippen LogP contribution in [0.3, 0.4) is 0 Å². The number of ether oxygens (including phenoxy) is 2. The molecule has 118 valence electrons. The molecule has 2 aromatic carbocycles. The number of nitrogens with zero attached hydrogens (tertiary/aromatic N) is 1. The number of halogens is 1. The van der Waals surface area contributed by atoms with Gasteiger partial charge in [-0.25, -0.2) is 0 Å². The van der Waals surface area contributed by atoms with Gasteiger partial charge in [-0.15, -0.1) is 6.42 Å². The Morgan fingerprint density at radius 3 is 2.61 bits per heavy atom. The standard InChI is InChI=1S/C19H18ClNO2/c1-4-10-23-19-17(20)11-15(12-18(19)22-5-2)13-21-16-8-6-14(3)7-9-16/h1,6-9,11-13H,5,10H2,2-3H3. The normalized spacial score (nSPS) is 10.5. The van der Waals surface area contributed by atoms with Crippen molar-refractivity contribution in [2.24, 2.45) is 4.99 Å². The summed E-state index contributed by atoms with van der Waals surface area (Å²) in [5.41, 5.74) is 2.89. The van der Waals surface area contributed by atoms with E-state index in [0.29, 0.717) is 23.1 Å². The molecule has 0 N–H and O–H groups in total. The second-order valence-electron chi connectivity index (χ2n) is 4.85. The number of aryl methyl sites for hydroxylation is 1. The molecule has 0 bridgehead atoms. The van der Waals surface area contributed by atoms with Gasteiger partial charge < -0.3 is 9.47 Å². The Morgan fingerprint density at radius 2 is 1.96 bits per heavy atom. The van der Waals surface area contributed by atoms with Crippen LogP contribution in [0.25, 0.3) is 0 Å². The van der Waals surface area contributed by atoms with Gasteiger partial charge in [-0.3, -0.25) is 4.99 Å². The lowest BCUT2D eigenvalue weighted by Gasteiger charge is -2.12.